The average molecular weight is 478 g/mol. The molecule has 0 unspecified atom stereocenters. The molecular weight excluding hydrogens is 446 g/mol. The molecule has 0 saturated carbocycles. The van der Waals surface area contributed by atoms with Crippen molar-refractivity contribution in [2.24, 2.45) is 0 Å². The number of aromatic hydroxyl groups is 1. The van der Waals surface area contributed by atoms with Gasteiger partial charge in [0, 0.05) is 37.8 Å². The maximum Gasteiger partial charge on any atom is 0.303 e. The van der Waals surface area contributed by atoms with Crippen molar-refractivity contribution in [1.82, 2.24) is 5.32 Å². The van der Waals surface area contributed by atoms with Gasteiger partial charge in [-0.25, -0.2) is 8.42 Å². The van der Waals surface area contributed by atoms with E-state index in [9.17, 15) is 23.4 Å². The second kappa shape index (κ2) is 10.9. The molecule has 2 aromatic carbocycles. The quantitative estimate of drug-likeness (QED) is 0.328. The minimum Gasteiger partial charge on any atom is -0.506 e. The van der Waals surface area contributed by atoms with Crippen LogP contribution in [0.1, 0.15) is 36.5 Å². The predicted octanol–water partition coefficient (Wildman–Crippen LogP) is 2.07. The molecule has 0 aromatic heterocycles. The smallest absolute Gasteiger partial charge is 0.303 e. The van der Waals surface area contributed by atoms with E-state index in [1.165, 1.54) is 12.1 Å². The lowest BCUT2D eigenvalue weighted by molar-refractivity contribution is -0.136. The third kappa shape index (κ3) is 7.62. The Morgan fingerprint density at radius 2 is 1.82 bits per heavy atom. The van der Waals surface area contributed by atoms with Crippen LogP contribution in [0.5, 0.6) is 5.75 Å². The van der Waals surface area contributed by atoms with Crippen LogP contribution in [-0.4, -0.2) is 61.6 Å². The van der Waals surface area contributed by atoms with Crippen molar-refractivity contribution in [2.75, 3.05) is 35.5 Å². The van der Waals surface area contributed by atoms with Gasteiger partial charge in [-0.2, -0.15) is 0 Å². The normalized spacial score (nSPS) is 15.9. The molecule has 1 aliphatic rings. The fraction of sp³-hybridized carbons (Fsp3) is 0.435. The molecule has 180 valence electrons. The number of anilines is 2. The van der Waals surface area contributed by atoms with Gasteiger partial charge >= 0.3 is 5.97 Å². The first kappa shape index (κ1) is 24.8. The fourth-order valence-electron chi connectivity index (χ4n) is 3.91. The summed E-state index contributed by atoms with van der Waals surface area (Å²) in [6.45, 7) is 2.04. The number of nitrogens with one attached hydrogen (secondary N) is 2. The number of carbonyl (C=O) groups is 1. The summed E-state index contributed by atoms with van der Waals surface area (Å²) < 4.78 is 25.1. The SMILES string of the molecule is CS(=O)(=O)Nc1cc([C@@H](O)CNC2CCN(c3ccc(CCC(=O)O)cc3)CC2)ccc1O. The lowest BCUT2D eigenvalue weighted by Gasteiger charge is -2.34. The van der Waals surface area contributed by atoms with Gasteiger partial charge in [0.25, 0.3) is 0 Å². The Kier molecular flexibility index (Phi) is 8.17. The van der Waals surface area contributed by atoms with Gasteiger partial charge in [0.05, 0.1) is 18.0 Å². The molecule has 33 heavy (non-hydrogen) atoms. The third-order valence-corrected chi connectivity index (χ3v) is 6.32. The highest BCUT2D eigenvalue weighted by atomic mass is 32.2. The Morgan fingerprint density at radius 3 is 2.42 bits per heavy atom. The molecule has 0 aliphatic carbocycles. The van der Waals surface area contributed by atoms with Gasteiger partial charge in [-0.3, -0.25) is 9.52 Å². The van der Waals surface area contributed by atoms with Gasteiger partial charge in [-0.15, -0.1) is 0 Å². The Balaban J connectivity index is 1.47. The zero-order valence-electron chi connectivity index (χ0n) is 18.6. The van der Waals surface area contributed by atoms with E-state index in [1.807, 2.05) is 24.3 Å². The topological polar surface area (TPSA) is 139 Å². The van der Waals surface area contributed by atoms with Crippen molar-refractivity contribution in [1.29, 1.82) is 0 Å². The van der Waals surface area contributed by atoms with Crippen LogP contribution in [0.4, 0.5) is 11.4 Å². The Bertz CT molecular complexity index is 1050. The van der Waals surface area contributed by atoms with Crippen LogP contribution < -0.4 is 14.9 Å². The number of aliphatic hydroxyl groups is 1. The number of nitrogens with zero attached hydrogens (tertiary/aromatic N) is 1. The minimum absolute atomic E-state index is 0.0383. The summed E-state index contributed by atoms with van der Waals surface area (Å²) in [5.41, 5.74) is 2.67. The van der Waals surface area contributed by atoms with Crippen LogP contribution in [-0.2, 0) is 21.2 Å². The number of benzene rings is 2. The zero-order chi connectivity index (χ0) is 24.0. The number of piperidine rings is 1. The number of hydrogen-bond acceptors (Lipinski definition) is 7. The molecule has 9 nitrogen and oxygen atoms in total. The highest BCUT2D eigenvalue weighted by Gasteiger charge is 2.21. The molecule has 10 heteroatoms. The molecule has 1 heterocycles. The van der Waals surface area contributed by atoms with E-state index in [1.54, 1.807) is 6.07 Å². The monoisotopic (exact) mass is 477 g/mol. The molecule has 1 atom stereocenters. The first-order valence-corrected chi connectivity index (χ1v) is 12.8. The predicted molar refractivity (Wildman–Crippen MR) is 127 cm³/mol. The van der Waals surface area contributed by atoms with Gasteiger partial charge in [0.1, 0.15) is 5.75 Å². The van der Waals surface area contributed by atoms with E-state index in [-0.39, 0.29) is 23.9 Å². The number of aliphatic carboxylic acids is 1. The summed E-state index contributed by atoms with van der Waals surface area (Å²) in [4.78, 5) is 13.0. The highest BCUT2D eigenvalue weighted by molar-refractivity contribution is 7.92. The molecule has 0 spiro atoms. The van der Waals surface area contributed by atoms with Crippen LogP contribution in [0.15, 0.2) is 42.5 Å². The van der Waals surface area contributed by atoms with E-state index in [4.69, 9.17) is 5.11 Å². The van der Waals surface area contributed by atoms with Gasteiger partial charge in [-0.05, 0) is 54.7 Å². The molecule has 2 aromatic rings. The number of hydrogen-bond donors (Lipinski definition) is 5. The molecule has 1 saturated heterocycles. The number of phenolic OH excluding ortho intramolecular Hbond substituents is 1. The third-order valence-electron chi connectivity index (χ3n) is 5.72. The van der Waals surface area contributed by atoms with Crippen molar-refractivity contribution >= 4 is 27.4 Å². The van der Waals surface area contributed by atoms with E-state index in [0.29, 0.717) is 18.5 Å². The second-order valence-electron chi connectivity index (χ2n) is 8.40. The van der Waals surface area contributed by atoms with Crippen LogP contribution in [0.3, 0.4) is 0 Å². The maximum atomic E-state index is 11.4. The molecule has 5 N–H and O–H groups in total. The van der Waals surface area contributed by atoms with Gasteiger partial charge in [-0.1, -0.05) is 18.2 Å². The Morgan fingerprint density at radius 1 is 1.15 bits per heavy atom. The van der Waals surface area contributed by atoms with E-state index >= 15 is 0 Å². The summed E-state index contributed by atoms with van der Waals surface area (Å²) >= 11 is 0. The second-order valence-corrected chi connectivity index (χ2v) is 10.1. The lowest BCUT2D eigenvalue weighted by atomic mass is 10.0. The largest absolute Gasteiger partial charge is 0.506 e. The van der Waals surface area contributed by atoms with E-state index < -0.39 is 22.1 Å². The first-order valence-electron chi connectivity index (χ1n) is 10.9. The first-order chi connectivity index (χ1) is 15.6. The molecule has 0 amide bonds. The maximum absolute atomic E-state index is 11.4. The van der Waals surface area contributed by atoms with Crippen LogP contribution in [0, 0.1) is 0 Å². The molecular formula is C23H31N3O6S. The number of carboxylic acids is 1. The Labute approximate surface area is 194 Å². The number of carboxylic acid groups (broad SMARTS) is 1. The average Bonchev–Trinajstić information content (AvgIpc) is 2.77. The Hall–Kier alpha value is -2.82. The summed E-state index contributed by atoms with van der Waals surface area (Å²) in [5, 5.41) is 32.6. The van der Waals surface area contributed by atoms with Crippen molar-refractivity contribution < 1.29 is 28.5 Å². The summed E-state index contributed by atoms with van der Waals surface area (Å²) in [6, 6.07) is 12.6. The van der Waals surface area contributed by atoms with E-state index in [0.717, 1.165) is 43.4 Å². The summed E-state index contributed by atoms with van der Waals surface area (Å²) in [5.74, 6) is -0.998. The van der Waals surface area contributed by atoms with E-state index in [2.05, 4.69) is 14.9 Å². The van der Waals surface area contributed by atoms with Crippen LogP contribution in [0.25, 0.3) is 0 Å². The standard InChI is InChI=1S/C23H31N3O6S/c1-33(31,32)25-20-14-17(5-8-21(20)27)22(28)15-24-18-10-12-26(13-11-18)19-6-2-16(3-7-19)4-9-23(29)30/h2-3,5-8,14,18,22,24-25,27-28H,4,9-13,15H2,1H3,(H,29,30)/t22-/m0/s1. The number of aryl methyl sites for hydroxylation is 1. The van der Waals surface area contributed by atoms with Crippen LogP contribution in [0.2, 0.25) is 0 Å². The summed E-state index contributed by atoms with van der Waals surface area (Å²) in [6.07, 6.45) is 2.62. The minimum atomic E-state index is -3.54. The summed E-state index contributed by atoms with van der Waals surface area (Å²) in [7, 11) is -3.54. The van der Waals surface area contributed by atoms with Crippen molar-refractivity contribution in [3.05, 3.63) is 53.6 Å². The molecule has 3 rings (SSSR count). The zero-order valence-corrected chi connectivity index (χ0v) is 19.4. The highest BCUT2D eigenvalue weighted by Crippen LogP contribution is 2.28. The van der Waals surface area contributed by atoms with Gasteiger partial charge in [0.15, 0.2) is 0 Å². The molecule has 1 aliphatic heterocycles. The van der Waals surface area contributed by atoms with Crippen LogP contribution >= 0.6 is 0 Å². The number of sulfonamides is 1. The van der Waals surface area contributed by atoms with Gasteiger partial charge in [0.2, 0.25) is 10.0 Å². The number of phenols is 1. The van der Waals surface area contributed by atoms with Crippen molar-refractivity contribution in [2.45, 2.75) is 37.8 Å². The number of rotatable bonds is 10. The van der Waals surface area contributed by atoms with Crippen molar-refractivity contribution in [3.63, 3.8) is 0 Å². The lowest BCUT2D eigenvalue weighted by Crippen LogP contribution is -2.43. The molecule has 0 radical (unpaired) electrons. The molecule has 0 bridgehead atoms. The fourth-order valence-corrected chi connectivity index (χ4v) is 4.47. The molecule has 1 fully saturated rings. The van der Waals surface area contributed by atoms with Gasteiger partial charge < -0.3 is 25.5 Å². The number of aliphatic hydroxyl groups excluding tert-OH is 1. The van der Waals surface area contributed by atoms with Crippen molar-refractivity contribution in [3.8, 4) is 5.75 Å².